The SMILES string of the molecule is CC(C)OP(=O)(O)O[Si](C)(C)C. The van der Waals surface area contributed by atoms with Gasteiger partial charge in [0.15, 0.2) is 8.32 Å². The molecule has 0 bridgehead atoms. The first-order chi connectivity index (χ1) is 5.12. The van der Waals surface area contributed by atoms with Crippen LogP contribution in [0.3, 0.4) is 0 Å². The molecule has 0 radical (unpaired) electrons. The number of hydrogen-bond donors (Lipinski definition) is 1. The van der Waals surface area contributed by atoms with E-state index < -0.39 is 16.1 Å². The van der Waals surface area contributed by atoms with Crippen LogP contribution in [0.5, 0.6) is 0 Å². The van der Waals surface area contributed by atoms with Crippen molar-refractivity contribution in [2.24, 2.45) is 0 Å². The molecule has 0 aromatic rings. The molecule has 0 amide bonds. The molecule has 12 heavy (non-hydrogen) atoms. The fourth-order valence-corrected chi connectivity index (χ4v) is 4.11. The monoisotopic (exact) mass is 212 g/mol. The largest absolute Gasteiger partial charge is 0.462 e. The Bertz CT molecular complexity index is 186. The molecule has 74 valence electrons. The van der Waals surface area contributed by atoms with Crippen LogP contribution in [-0.2, 0) is 13.3 Å². The zero-order valence-electron chi connectivity index (χ0n) is 8.20. The van der Waals surface area contributed by atoms with Gasteiger partial charge in [0.2, 0.25) is 0 Å². The van der Waals surface area contributed by atoms with Crippen molar-refractivity contribution in [1.29, 1.82) is 0 Å². The Kier molecular flexibility index (Phi) is 4.13. The van der Waals surface area contributed by atoms with Crippen LogP contribution in [0.15, 0.2) is 0 Å². The second kappa shape index (κ2) is 4.02. The van der Waals surface area contributed by atoms with Gasteiger partial charge in [-0.3, -0.25) is 4.52 Å². The molecule has 0 aliphatic carbocycles. The molecule has 0 aliphatic heterocycles. The van der Waals surface area contributed by atoms with Crippen molar-refractivity contribution in [3.63, 3.8) is 0 Å². The highest BCUT2D eigenvalue weighted by molar-refractivity contribution is 7.49. The molecule has 0 spiro atoms. The highest BCUT2D eigenvalue weighted by atomic mass is 31.2. The average Bonchev–Trinajstić information content (AvgIpc) is 1.48. The number of hydrogen-bond acceptors (Lipinski definition) is 3. The van der Waals surface area contributed by atoms with Crippen LogP contribution in [0.4, 0.5) is 0 Å². The first-order valence-electron chi connectivity index (χ1n) is 3.84. The Morgan fingerprint density at radius 3 is 2.00 bits per heavy atom. The molecule has 0 saturated carbocycles. The number of phosphoric acid groups is 1. The zero-order valence-corrected chi connectivity index (χ0v) is 10.1. The molecule has 0 rings (SSSR count). The van der Waals surface area contributed by atoms with E-state index in [1.54, 1.807) is 13.8 Å². The van der Waals surface area contributed by atoms with E-state index in [1.807, 2.05) is 19.6 Å². The van der Waals surface area contributed by atoms with Gasteiger partial charge in [-0.25, -0.2) is 4.57 Å². The minimum atomic E-state index is -3.81. The summed E-state index contributed by atoms with van der Waals surface area (Å²) in [5.41, 5.74) is 0. The molecule has 6 heteroatoms. The molecule has 0 heterocycles. The summed E-state index contributed by atoms with van der Waals surface area (Å²) in [5, 5.41) is 0. The highest BCUT2D eigenvalue weighted by Crippen LogP contribution is 2.47. The highest BCUT2D eigenvalue weighted by Gasteiger charge is 2.30. The third kappa shape index (κ3) is 7.00. The summed E-state index contributed by atoms with van der Waals surface area (Å²) in [4.78, 5) is 9.17. The summed E-state index contributed by atoms with van der Waals surface area (Å²) >= 11 is 0. The maximum atomic E-state index is 11.2. The maximum Gasteiger partial charge on any atom is 0.462 e. The Balaban J connectivity index is 4.15. The topological polar surface area (TPSA) is 55.8 Å². The molecule has 0 aliphatic rings. The van der Waals surface area contributed by atoms with Crippen LogP contribution in [0, 0.1) is 0 Å². The van der Waals surface area contributed by atoms with Gasteiger partial charge in [0.25, 0.3) is 0 Å². The lowest BCUT2D eigenvalue weighted by atomic mass is 10.5. The fraction of sp³-hybridized carbons (Fsp3) is 1.00. The standard InChI is InChI=1S/C6H17O4PSi/c1-6(2)9-11(7,8)10-12(3,4)5/h6H,1-5H3,(H,7,8). The summed E-state index contributed by atoms with van der Waals surface area (Å²) in [7, 11) is -5.81. The van der Waals surface area contributed by atoms with E-state index in [0.717, 1.165) is 0 Å². The maximum absolute atomic E-state index is 11.2. The average molecular weight is 212 g/mol. The summed E-state index contributed by atoms with van der Waals surface area (Å²) in [6.45, 7) is 8.88. The minimum absolute atomic E-state index is 0.294. The lowest BCUT2D eigenvalue weighted by Crippen LogP contribution is -2.24. The van der Waals surface area contributed by atoms with E-state index >= 15 is 0 Å². The Hall–Kier alpha value is 0.327. The number of rotatable bonds is 4. The van der Waals surface area contributed by atoms with Gasteiger partial charge in [0, 0.05) is 0 Å². The van der Waals surface area contributed by atoms with E-state index in [-0.39, 0.29) is 6.10 Å². The summed E-state index contributed by atoms with van der Waals surface area (Å²) < 4.78 is 20.9. The van der Waals surface area contributed by atoms with Crippen LogP contribution < -0.4 is 0 Å². The predicted molar refractivity (Wildman–Crippen MR) is 50.5 cm³/mol. The molecule has 1 atom stereocenters. The lowest BCUT2D eigenvalue weighted by Gasteiger charge is -2.22. The van der Waals surface area contributed by atoms with Gasteiger partial charge in [-0.1, -0.05) is 0 Å². The van der Waals surface area contributed by atoms with Crippen LogP contribution in [0.25, 0.3) is 0 Å². The Morgan fingerprint density at radius 2 is 1.75 bits per heavy atom. The van der Waals surface area contributed by atoms with Crippen LogP contribution >= 0.6 is 7.82 Å². The molecule has 0 saturated heterocycles. The van der Waals surface area contributed by atoms with Gasteiger partial charge < -0.3 is 9.11 Å². The molecular weight excluding hydrogens is 195 g/mol. The summed E-state index contributed by atoms with van der Waals surface area (Å²) in [6, 6.07) is 0. The van der Waals surface area contributed by atoms with Crippen molar-refractivity contribution in [3.8, 4) is 0 Å². The molecule has 0 fully saturated rings. The van der Waals surface area contributed by atoms with E-state index in [4.69, 9.17) is 13.6 Å². The van der Waals surface area contributed by atoms with Gasteiger partial charge in [-0.05, 0) is 33.5 Å². The molecule has 1 N–H and O–H groups in total. The second-order valence-electron chi connectivity index (χ2n) is 3.83. The van der Waals surface area contributed by atoms with Crippen molar-refractivity contribution >= 4 is 16.1 Å². The van der Waals surface area contributed by atoms with Gasteiger partial charge >= 0.3 is 7.82 Å². The normalized spacial score (nSPS) is 17.9. The third-order valence-electron chi connectivity index (χ3n) is 0.733. The smallest absolute Gasteiger partial charge is 0.330 e. The first kappa shape index (κ1) is 12.3. The summed E-state index contributed by atoms with van der Waals surface area (Å²) in [5.74, 6) is 0. The van der Waals surface area contributed by atoms with Gasteiger partial charge in [-0.2, -0.15) is 0 Å². The van der Waals surface area contributed by atoms with Gasteiger partial charge in [0.05, 0.1) is 6.10 Å². The fourth-order valence-electron chi connectivity index (χ4n) is 0.634. The van der Waals surface area contributed by atoms with E-state index in [9.17, 15) is 4.57 Å². The summed E-state index contributed by atoms with van der Waals surface area (Å²) in [6.07, 6.45) is -0.294. The third-order valence-corrected chi connectivity index (χ3v) is 4.54. The van der Waals surface area contributed by atoms with E-state index in [0.29, 0.717) is 0 Å². The van der Waals surface area contributed by atoms with Crippen molar-refractivity contribution in [3.05, 3.63) is 0 Å². The Morgan fingerprint density at radius 1 is 1.33 bits per heavy atom. The minimum Gasteiger partial charge on any atom is -0.330 e. The first-order valence-corrected chi connectivity index (χ1v) is 8.75. The molecule has 0 aromatic carbocycles. The van der Waals surface area contributed by atoms with E-state index in [2.05, 4.69) is 0 Å². The van der Waals surface area contributed by atoms with Gasteiger partial charge in [-0.15, -0.1) is 0 Å². The Labute approximate surface area is 74.6 Å². The quantitative estimate of drug-likeness (QED) is 0.574. The zero-order chi connectivity index (χ0) is 9.99. The van der Waals surface area contributed by atoms with Crippen LogP contribution in [0.1, 0.15) is 13.8 Å². The van der Waals surface area contributed by atoms with Crippen LogP contribution in [0.2, 0.25) is 19.6 Å². The molecule has 0 aromatic heterocycles. The van der Waals surface area contributed by atoms with Crippen molar-refractivity contribution in [2.45, 2.75) is 39.6 Å². The van der Waals surface area contributed by atoms with E-state index in [1.165, 1.54) is 0 Å². The molecular formula is C6H17O4PSi. The predicted octanol–water partition coefficient (Wildman–Crippen LogP) is 2.36. The molecule has 1 unspecified atom stereocenters. The second-order valence-corrected chi connectivity index (χ2v) is 9.93. The number of phosphoric ester groups is 1. The van der Waals surface area contributed by atoms with Crippen molar-refractivity contribution in [2.75, 3.05) is 0 Å². The van der Waals surface area contributed by atoms with Crippen LogP contribution in [-0.4, -0.2) is 19.3 Å². The molecule has 4 nitrogen and oxygen atoms in total. The van der Waals surface area contributed by atoms with Crippen molar-refractivity contribution < 1.29 is 18.2 Å². The lowest BCUT2D eigenvalue weighted by molar-refractivity contribution is 0.160. The van der Waals surface area contributed by atoms with Gasteiger partial charge in [0.1, 0.15) is 0 Å². The van der Waals surface area contributed by atoms with Crippen molar-refractivity contribution in [1.82, 2.24) is 0 Å².